The Hall–Kier alpha value is -1.10. The molecule has 0 fully saturated rings. The molecule has 0 aliphatic carbocycles. The molecule has 1 N–H and O–H groups in total. The first kappa shape index (κ1) is 8.00. The SMILES string of the molecule is COC(=O)OC1=NC[C@H](O)C1. The van der Waals surface area contributed by atoms with Crippen molar-refractivity contribution in [1.82, 2.24) is 0 Å². The van der Waals surface area contributed by atoms with Crippen LogP contribution < -0.4 is 0 Å². The number of aliphatic hydroxyl groups excluding tert-OH is 1. The van der Waals surface area contributed by atoms with Crippen LogP contribution in [0.3, 0.4) is 0 Å². The summed E-state index contributed by atoms with van der Waals surface area (Å²) in [4.78, 5) is 14.2. The maximum Gasteiger partial charge on any atom is 0.514 e. The van der Waals surface area contributed by atoms with E-state index in [1.807, 2.05) is 0 Å². The number of methoxy groups -OCH3 is 1. The van der Waals surface area contributed by atoms with Crippen molar-refractivity contribution in [2.45, 2.75) is 12.5 Å². The van der Waals surface area contributed by atoms with Gasteiger partial charge in [-0.2, -0.15) is 0 Å². The van der Waals surface area contributed by atoms with Crippen LogP contribution in [0.5, 0.6) is 0 Å². The fourth-order valence-corrected chi connectivity index (χ4v) is 0.750. The lowest BCUT2D eigenvalue weighted by atomic mass is 10.3. The molecule has 1 rings (SSSR count). The standard InChI is InChI=1S/C6H9NO4/c1-10-6(9)11-5-2-4(8)3-7-5/h4,8H,2-3H2,1H3/t4-/m1/s1. The lowest BCUT2D eigenvalue weighted by molar-refractivity contribution is 0.115. The Morgan fingerprint density at radius 2 is 2.55 bits per heavy atom. The molecule has 0 bridgehead atoms. The molecular formula is C6H9NO4. The zero-order chi connectivity index (χ0) is 8.27. The zero-order valence-corrected chi connectivity index (χ0v) is 6.11. The van der Waals surface area contributed by atoms with E-state index in [1.165, 1.54) is 7.11 Å². The van der Waals surface area contributed by atoms with Crippen LogP contribution >= 0.6 is 0 Å². The van der Waals surface area contributed by atoms with E-state index in [9.17, 15) is 4.79 Å². The summed E-state index contributed by atoms with van der Waals surface area (Å²) >= 11 is 0. The van der Waals surface area contributed by atoms with E-state index >= 15 is 0 Å². The average Bonchev–Trinajstić information content (AvgIpc) is 2.35. The monoisotopic (exact) mass is 159 g/mol. The molecule has 0 saturated heterocycles. The van der Waals surface area contributed by atoms with E-state index in [0.717, 1.165) is 0 Å². The smallest absolute Gasteiger partial charge is 0.437 e. The second-order valence-electron chi connectivity index (χ2n) is 2.15. The molecule has 1 aliphatic heterocycles. The Kier molecular flexibility index (Phi) is 2.43. The van der Waals surface area contributed by atoms with Crippen molar-refractivity contribution in [3.05, 3.63) is 0 Å². The molecule has 5 heteroatoms. The summed E-state index contributed by atoms with van der Waals surface area (Å²) in [5.74, 6) is 0.240. The highest BCUT2D eigenvalue weighted by Gasteiger charge is 2.19. The van der Waals surface area contributed by atoms with Crippen LogP contribution in [0.4, 0.5) is 4.79 Å². The van der Waals surface area contributed by atoms with Gasteiger partial charge >= 0.3 is 6.16 Å². The van der Waals surface area contributed by atoms with Crippen LogP contribution in [0, 0.1) is 0 Å². The van der Waals surface area contributed by atoms with Crippen molar-refractivity contribution < 1.29 is 19.4 Å². The van der Waals surface area contributed by atoms with Crippen molar-refractivity contribution in [1.29, 1.82) is 0 Å². The van der Waals surface area contributed by atoms with E-state index < -0.39 is 12.3 Å². The van der Waals surface area contributed by atoms with E-state index in [2.05, 4.69) is 14.5 Å². The van der Waals surface area contributed by atoms with Crippen molar-refractivity contribution >= 4 is 12.1 Å². The van der Waals surface area contributed by atoms with Gasteiger partial charge in [-0.05, 0) is 0 Å². The van der Waals surface area contributed by atoms with Gasteiger partial charge in [0, 0.05) is 0 Å². The molecule has 0 amide bonds. The minimum absolute atomic E-state index is 0.240. The second kappa shape index (κ2) is 3.34. The number of carbonyl (C=O) groups is 1. The summed E-state index contributed by atoms with van der Waals surface area (Å²) in [5, 5.41) is 8.94. The highest BCUT2D eigenvalue weighted by atomic mass is 16.7. The van der Waals surface area contributed by atoms with Gasteiger partial charge in [0.1, 0.15) is 0 Å². The van der Waals surface area contributed by atoms with Crippen molar-refractivity contribution in [3.63, 3.8) is 0 Å². The fourth-order valence-electron chi connectivity index (χ4n) is 0.750. The second-order valence-corrected chi connectivity index (χ2v) is 2.15. The van der Waals surface area contributed by atoms with Gasteiger partial charge in [0.25, 0.3) is 0 Å². The molecule has 0 radical (unpaired) electrons. The van der Waals surface area contributed by atoms with E-state index in [-0.39, 0.29) is 12.3 Å². The first-order chi connectivity index (χ1) is 5.22. The number of nitrogens with zero attached hydrogens (tertiary/aromatic N) is 1. The first-order valence-corrected chi connectivity index (χ1v) is 3.19. The number of hydrogen-bond acceptors (Lipinski definition) is 5. The largest absolute Gasteiger partial charge is 0.514 e. The Morgan fingerprint density at radius 3 is 3.00 bits per heavy atom. The molecule has 5 nitrogen and oxygen atoms in total. The molecular weight excluding hydrogens is 150 g/mol. The summed E-state index contributed by atoms with van der Waals surface area (Å²) in [6.45, 7) is 0.298. The van der Waals surface area contributed by atoms with Gasteiger partial charge in [-0.1, -0.05) is 0 Å². The Labute approximate surface area is 63.6 Å². The highest BCUT2D eigenvalue weighted by Crippen LogP contribution is 2.06. The molecule has 1 atom stereocenters. The van der Waals surface area contributed by atoms with Crippen LogP contribution in [0.1, 0.15) is 6.42 Å². The lowest BCUT2D eigenvalue weighted by Gasteiger charge is -2.00. The molecule has 0 aromatic heterocycles. The van der Waals surface area contributed by atoms with Crippen molar-refractivity contribution in [3.8, 4) is 0 Å². The molecule has 0 aromatic rings. The van der Waals surface area contributed by atoms with Gasteiger partial charge in [-0.25, -0.2) is 4.79 Å². The molecule has 1 heterocycles. The molecule has 0 saturated carbocycles. The summed E-state index contributed by atoms with van der Waals surface area (Å²) in [6, 6.07) is 0. The molecule has 0 spiro atoms. The van der Waals surface area contributed by atoms with Gasteiger partial charge in [0.2, 0.25) is 0 Å². The predicted octanol–water partition coefficient (Wildman–Crippen LogP) is -0.0675. The number of hydrogen-bond donors (Lipinski definition) is 1. The maximum absolute atomic E-state index is 10.5. The van der Waals surface area contributed by atoms with Crippen LogP contribution in [-0.4, -0.2) is 36.9 Å². The lowest BCUT2D eigenvalue weighted by Crippen LogP contribution is -2.13. The van der Waals surface area contributed by atoms with Gasteiger partial charge in [-0.3, -0.25) is 4.99 Å². The predicted molar refractivity (Wildman–Crippen MR) is 36.4 cm³/mol. The minimum atomic E-state index is -0.794. The number of ether oxygens (including phenoxy) is 2. The molecule has 0 unspecified atom stereocenters. The summed E-state index contributed by atoms with van der Waals surface area (Å²) in [7, 11) is 1.22. The van der Waals surface area contributed by atoms with Gasteiger partial charge < -0.3 is 14.6 Å². The average molecular weight is 159 g/mol. The topological polar surface area (TPSA) is 68.1 Å². The summed E-state index contributed by atoms with van der Waals surface area (Å²) in [5.41, 5.74) is 0. The Bertz CT molecular complexity index is 189. The normalized spacial score (nSPS) is 22.7. The van der Waals surface area contributed by atoms with E-state index in [0.29, 0.717) is 6.54 Å². The molecule has 0 aromatic carbocycles. The Morgan fingerprint density at radius 1 is 1.82 bits per heavy atom. The van der Waals surface area contributed by atoms with Crippen LogP contribution in [-0.2, 0) is 9.47 Å². The number of rotatable bonds is 0. The van der Waals surface area contributed by atoms with Crippen LogP contribution in [0.15, 0.2) is 4.99 Å². The summed E-state index contributed by atoms with van der Waals surface area (Å²) in [6.07, 6.45) is -1.03. The maximum atomic E-state index is 10.5. The van der Waals surface area contributed by atoms with Gasteiger partial charge in [0.05, 0.1) is 26.2 Å². The van der Waals surface area contributed by atoms with Crippen molar-refractivity contribution in [2.24, 2.45) is 4.99 Å². The first-order valence-electron chi connectivity index (χ1n) is 3.19. The van der Waals surface area contributed by atoms with E-state index in [4.69, 9.17) is 5.11 Å². The number of aliphatic imine (C=N–C) groups is 1. The molecule has 62 valence electrons. The van der Waals surface area contributed by atoms with E-state index in [1.54, 1.807) is 0 Å². The van der Waals surface area contributed by atoms with Crippen LogP contribution in [0.25, 0.3) is 0 Å². The number of aliphatic hydroxyl groups is 1. The quantitative estimate of drug-likeness (QED) is 0.502. The zero-order valence-electron chi connectivity index (χ0n) is 6.11. The van der Waals surface area contributed by atoms with Gasteiger partial charge in [-0.15, -0.1) is 0 Å². The third kappa shape index (κ3) is 2.19. The summed E-state index contributed by atoms with van der Waals surface area (Å²) < 4.78 is 8.78. The Balaban J connectivity index is 2.33. The third-order valence-electron chi connectivity index (χ3n) is 1.26. The minimum Gasteiger partial charge on any atom is -0.437 e. The highest BCUT2D eigenvalue weighted by molar-refractivity contribution is 5.87. The molecule has 11 heavy (non-hydrogen) atoms. The third-order valence-corrected chi connectivity index (χ3v) is 1.26. The molecule has 1 aliphatic rings. The number of carbonyl (C=O) groups excluding carboxylic acids is 1. The van der Waals surface area contributed by atoms with Crippen LogP contribution in [0.2, 0.25) is 0 Å². The van der Waals surface area contributed by atoms with Crippen molar-refractivity contribution in [2.75, 3.05) is 13.7 Å². The van der Waals surface area contributed by atoms with Gasteiger partial charge in [0.15, 0.2) is 5.90 Å². The fraction of sp³-hybridized carbons (Fsp3) is 0.667.